The van der Waals surface area contributed by atoms with Crippen LogP contribution in [-0.2, 0) is 28.5 Å². The molecule has 0 aliphatic carbocycles. The molecule has 322 valence electrons. The Kier molecular flexibility index (Phi) is 11.7. The number of aromatic nitrogens is 4. The lowest BCUT2D eigenvalue weighted by molar-refractivity contribution is -0.138. The van der Waals surface area contributed by atoms with Crippen molar-refractivity contribution in [2.75, 3.05) is 48.3 Å². The largest absolute Gasteiger partial charge is 0.453 e. The van der Waals surface area contributed by atoms with E-state index in [1.54, 1.807) is 23.6 Å². The van der Waals surface area contributed by atoms with Gasteiger partial charge in [0, 0.05) is 38.4 Å². The fourth-order valence-corrected chi connectivity index (χ4v) is 8.55. The van der Waals surface area contributed by atoms with Crippen molar-refractivity contribution < 1.29 is 47.6 Å². The van der Waals surface area contributed by atoms with E-state index in [-0.39, 0.29) is 30.7 Å². The summed E-state index contributed by atoms with van der Waals surface area (Å²) in [6.07, 6.45) is 0.395. The number of hydrogen-bond donors (Lipinski definition) is 4. The van der Waals surface area contributed by atoms with Gasteiger partial charge in [-0.3, -0.25) is 9.59 Å². The van der Waals surface area contributed by atoms with Crippen LogP contribution >= 0.6 is 0 Å². The molecule has 0 bridgehead atoms. The fourth-order valence-electron chi connectivity index (χ4n) is 8.55. The molecule has 3 aliphatic heterocycles. The number of nitrogens with one attached hydrogen (secondary N) is 4. The number of methoxy groups -OCH3 is 4. The maximum absolute atomic E-state index is 13.8. The number of rotatable bonds is 12. The van der Waals surface area contributed by atoms with E-state index in [0.717, 1.165) is 57.2 Å². The number of carbonyl (C=O) groups is 4. The molecule has 3 aliphatic rings. The number of benzene rings is 3. The molecule has 4 N–H and O–H groups in total. The third kappa shape index (κ3) is 7.88. The topological polar surface area (TPSA) is 212 Å². The van der Waals surface area contributed by atoms with Gasteiger partial charge in [-0.15, -0.1) is 0 Å². The minimum absolute atomic E-state index is 0.0582. The summed E-state index contributed by atoms with van der Waals surface area (Å²) in [5, 5.41) is 5.26. The highest BCUT2D eigenvalue weighted by Crippen LogP contribution is 2.48. The molecule has 2 aromatic heterocycles. The number of amides is 4. The van der Waals surface area contributed by atoms with Gasteiger partial charge in [0.2, 0.25) is 18.6 Å². The standard InChI is InChI=1S/C43H50N8O10/c1-22(56-3)34(48-42(54)58-5)40(52)50-17-7-9-32(50)38-44-28-15-11-24(19-30(28)46-38)26-13-14-27(37-36(26)60-21-61-37)25-12-16-29-31(20-25)47-39(45-29)33-10-8-18-51(33)41(53)35(23(2)57-4)49-43(55)59-6/h11-16,19-20,22-23,32-35H,7-10,17-18,21H2,1-6H3,(H,44,46)(H,45,47)(H,48,54)(H,49,55)/t22-,23-,32+,33+,34+,35+/m1/s1. The van der Waals surface area contributed by atoms with Gasteiger partial charge in [0.1, 0.15) is 23.7 Å². The number of H-pyrrole nitrogens is 2. The van der Waals surface area contributed by atoms with Gasteiger partial charge < -0.3 is 58.8 Å². The molecule has 3 aromatic carbocycles. The van der Waals surface area contributed by atoms with E-state index in [9.17, 15) is 19.2 Å². The van der Waals surface area contributed by atoms with Gasteiger partial charge in [-0.25, -0.2) is 19.6 Å². The molecule has 18 nitrogen and oxygen atoms in total. The van der Waals surface area contributed by atoms with Crippen LogP contribution in [0.3, 0.4) is 0 Å². The Balaban J connectivity index is 1.04. The number of imidazole rings is 2. The molecule has 0 radical (unpaired) electrons. The van der Waals surface area contributed by atoms with Crippen molar-refractivity contribution in [3.05, 3.63) is 60.2 Å². The molecule has 2 saturated heterocycles. The van der Waals surface area contributed by atoms with E-state index in [1.165, 1.54) is 28.4 Å². The zero-order valence-electron chi connectivity index (χ0n) is 34.9. The van der Waals surface area contributed by atoms with Crippen LogP contribution in [0.1, 0.15) is 63.3 Å². The highest BCUT2D eigenvalue weighted by atomic mass is 16.7. The normalized spacial score (nSPS) is 19.2. The van der Waals surface area contributed by atoms with Crippen molar-refractivity contribution in [3.63, 3.8) is 0 Å². The van der Waals surface area contributed by atoms with Crippen molar-refractivity contribution in [1.82, 2.24) is 40.4 Å². The molecule has 5 heterocycles. The summed E-state index contributed by atoms with van der Waals surface area (Å²) in [6, 6.07) is 13.4. The van der Waals surface area contributed by atoms with Gasteiger partial charge >= 0.3 is 12.2 Å². The first-order chi connectivity index (χ1) is 29.5. The number of aromatic amines is 2. The van der Waals surface area contributed by atoms with Gasteiger partial charge in [-0.1, -0.05) is 12.1 Å². The van der Waals surface area contributed by atoms with Crippen LogP contribution in [-0.4, -0.2) is 126 Å². The minimum Gasteiger partial charge on any atom is -0.453 e. The van der Waals surface area contributed by atoms with E-state index >= 15 is 0 Å². The van der Waals surface area contributed by atoms with Gasteiger partial charge in [0.15, 0.2) is 11.5 Å². The summed E-state index contributed by atoms with van der Waals surface area (Å²) in [6.45, 7) is 4.54. The Morgan fingerprint density at radius 2 is 1.16 bits per heavy atom. The number of fused-ring (bicyclic) bond motifs is 3. The van der Waals surface area contributed by atoms with Gasteiger partial charge in [-0.2, -0.15) is 0 Å². The highest BCUT2D eigenvalue weighted by Gasteiger charge is 2.40. The Hall–Kier alpha value is -6.40. The van der Waals surface area contributed by atoms with Crippen LogP contribution in [0.25, 0.3) is 44.3 Å². The monoisotopic (exact) mass is 838 g/mol. The predicted octanol–water partition coefficient (Wildman–Crippen LogP) is 5.35. The molecule has 6 atom stereocenters. The summed E-state index contributed by atoms with van der Waals surface area (Å²) >= 11 is 0. The average molecular weight is 839 g/mol. The number of ether oxygens (including phenoxy) is 6. The summed E-state index contributed by atoms with van der Waals surface area (Å²) < 4.78 is 32.6. The summed E-state index contributed by atoms with van der Waals surface area (Å²) in [4.78, 5) is 72.0. The lowest BCUT2D eigenvalue weighted by Crippen LogP contribution is -2.54. The van der Waals surface area contributed by atoms with Crippen LogP contribution in [0, 0.1) is 0 Å². The second-order valence-corrected chi connectivity index (χ2v) is 15.4. The van der Waals surface area contributed by atoms with Crippen LogP contribution in [0.5, 0.6) is 11.5 Å². The molecule has 0 spiro atoms. The first-order valence-electron chi connectivity index (χ1n) is 20.3. The molecular formula is C43H50N8O10. The first-order valence-corrected chi connectivity index (χ1v) is 20.3. The number of nitrogens with zero attached hydrogens (tertiary/aromatic N) is 4. The smallest absolute Gasteiger partial charge is 0.407 e. The zero-order valence-corrected chi connectivity index (χ0v) is 34.9. The number of alkyl carbamates (subject to hydrolysis) is 2. The molecular weight excluding hydrogens is 789 g/mol. The predicted molar refractivity (Wildman–Crippen MR) is 222 cm³/mol. The lowest BCUT2D eigenvalue weighted by Gasteiger charge is -2.30. The lowest BCUT2D eigenvalue weighted by atomic mass is 9.97. The third-order valence-electron chi connectivity index (χ3n) is 12.0. The first kappa shape index (κ1) is 41.3. The molecule has 8 rings (SSSR count). The second kappa shape index (κ2) is 17.3. The maximum atomic E-state index is 13.8. The highest BCUT2D eigenvalue weighted by molar-refractivity contribution is 5.91. The number of likely N-dealkylation sites (tertiary alicyclic amines) is 2. The molecule has 2 fully saturated rings. The van der Waals surface area contributed by atoms with Crippen LogP contribution in [0.4, 0.5) is 9.59 Å². The SMILES string of the molecule is COC(=O)N[C@H](C(=O)N1CCC[C@H]1c1nc2cc(-c3ccc(-c4ccc5nc([C@@H]6CCCN6C(=O)[C@@H](NC(=O)OC)[C@@H](C)OC)[nH]c5c4)c4c3OCO4)ccc2[nH]1)[C@@H](C)OC. The Morgan fingerprint density at radius 3 is 1.69 bits per heavy atom. The van der Waals surface area contributed by atoms with E-state index in [4.69, 9.17) is 38.4 Å². The molecule has 0 unspecified atom stereocenters. The maximum Gasteiger partial charge on any atom is 0.407 e. The summed E-state index contributed by atoms with van der Waals surface area (Å²) in [5.74, 6) is 2.00. The van der Waals surface area contributed by atoms with E-state index in [1.807, 2.05) is 48.5 Å². The summed E-state index contributed by atoms with van der Waals surface area (Å²) in [7, 11) is 5.49. The zero-order chi connectivity index (χ0) is 42.9. The van der Waals surface area contributed by atoms with Crippen molar-refractivity contribution in [1.29, 1.82) is 0 Å². The molecule has 18 heteroatoms. The fraction of sp³-hybridized carbons (Fsp3) is 0.442. The Morgan fingerprint density at radius 1 is 0.672 bits per heavy atom. The van der Waals surface area contributed by atoms with E-state index in [2.05, 4.69) is 20.6 Å². The molecule has 5 aromatic rings. The van der Waals surface area contributed by atoms with Gasteiger partial charge in [0.25, 0.3) is 0 Å². The summed E-state index contributed by atoms with van der Waals surface area (Å²) in [5.41, 5.74) is 6.53. The van der Waals surface area contributed by atoms with Gasteiger partial charge in [0.05, 0.1) is 60.6 Å². The quantitative estimate of drug-likeness (QED) is 0.125. The van der Waals surface area contributed by atoms with Crippen LogP contribution in [0.15, 0.2) is 48.5 Å². The molecule has 0 saturated carbocycles. The van der Waals surface area contributed by atoms with E-state index in [0.29, 0.717) is 49.1 Å². The van der Waals surface area contributed by atoms with Crippen molar-refractivity contribution in [2.24, 2.45) is 0 Å². The number of carbonyl (C=O) groups excluding carboxylic acids is 4. The average Bonchev–Trinajstić information content (AvgIpc) is 4.14. The second-order valence-electron chi connectivity index (χ2n) is 15.4. The minimum atomic E-state index is -0.928. The molecule has 4 amide bonds. The Labute approximate surface area is 351 Å². The number of hydrogen-bond acceptors (Lipinski definition) is 12. The van der Waals surface area contributed by atoms with Crippen molar-refractivity contribution in [3.8, 4) is 33.8 Å². The van der Waals surface area contributed by atoms with Crippen LogP contribution < -0.4 is 20.1 Å². The van der Waals surface area contributed by atoms with Crippen molar-refractivity contribution in [2.45, 2.75) is 75.9 Å². The van der Waals surface area contributed by atoms with E-state index < -0.39 is 36.5 Å². The third-order valence-corrected chi connectivity index (χ3v) is 12.0. The van der Waals surface area contributed by atoms with Gasteiger partial charge in [-0.05, 0) is 87.1 Å². The molecule has 61 heavy (non-hydrogen) atoms. The Bertz CT molecular complexity index is 2300. The van der Waals surface area contributed by atoms with Crippen LogP contribution in [0.2, 0.25) is 0 Å². The van der Waals surface area contributed by atoms with Crippen molar-refractivity contribution >= 4 is 46.1 Å².